The van der Waals surface area contributed by atoms with Crippen LogP contribution in [0.15, 0.2) is 12.3 Å². The number of hydrogen-bond donors (Lipinski definition) is 2. The fourth-order valence-electron chi connectivity index (χ4n) is 0.803. The molecule has 0 aromatic carbocycles. The third-order valence-electron chi connectivity index (χ3n) is 1.44. The first kappa shape index (κ1) is 13.0. The monoisotopic (exact) mass is 200 g/mol. The van der Waals surface area contributed by atoms with Gasteiger partial charge in [-0.05, 0) is 27.2 Å². The Bertz CT molecular complexity index is 179. The number of hydrogen-bond acceptors (Lipinski definition) is 2. The zero-order chi connectivity index (χ0) is 10.8. The molecule has 0 saturated heterocycles. The molecule has 0 bridgehead atoms. The Morgan fingerprint density at radius 3 is 2.79 bits per heavy atom. The molecule has 4 nitrogen and oxygen atoms in total. The molecule has 0 fully saturated rings. The molecule has 0 aliphatic carbocycles. The molecule has 82 valence electrons. The summed E-state index contributed by atoms with van der Waals surface area (Å²) in [5.74, 6) is 0. The van der Waals surface area contributed by atoms with Crippen LogP contribution < -0.4 is 10.6 Å². The minimum Gasteiger partial charge on any atom is -0.379 e. The molecule has 0 spiro atoms. The number of rotatable bonds is 6. The van der Waals surface area contributed by atoms with Crippen molar-refractivity contribution < 1.29 is 9.53 Å². The molecule has 0 aliphatic heterocycles. The third-order valence-corrected chi connectivity index (χ3v) is 1.44. The highest BCUT2D eigenvalue weighted by molar-refractivity contribution is 5.74. The summed E-state index contributed by atoms with van der Waals surface area (Å²) in [5.41, 5.74) is 0. The van der Waals surface area contributed by atoms with Crippen LogP contribution >= 0.6 is 0 Å². The van der Waals surface area contributed by atoms with E-state index in [0.717, 1.165) is 6.42 Å². The number of carbonyl (C=O) groups excluding carboxylic acids is 1. The van der Waals surface area contributed by atoms with Crippen LogP contribution in [0.1, 0.15) is 27.2 Å². The van der Waals surface area contributed by atoms with Crippen molar-refractivity contribution in [3.8, 4) is 0 Å². The van der Waals surface area contributed by atoms with Gasteiger partial charge in [0.2, 0.25) is 0 Å². The Kier molecular flexibility index (Phi) is 7.93. The molecule has 0 atom stereocenters. The van der Waals surface area contributed by atoms with E-state index in [9.17, 15) is 4.79 Å². The van der Waals surface area contributed by atoms with Gasteiger partial charge in [0.05, 0.1) is 6.10 Å². The molecule has 14 heavy (non-hydrogen) atoms. The Morgan fingerprint density at radius 1 is 1.50 bits per heavy atom. The summed E-state index contributed by atoms with van der Waals surface area (Å²) in [6.45, 7) is 7.15. The van der Waals surface area contributed by atoms with E-state index in [1.807, 2.05) is 20.8 Å². The second-order valence-corrected chi connectivity index (χ2v) is 3.17. The van der Waals surface area contributed by atoms with E-state index in [2.05, 4.69) is 10.6 Å². The van der Waals surface area contributed by atoms with E-state index < -0.39 is 0 Å². The number of nitrogens with one attached hydrogen (secondary N) is 2. The Balaban J connectivity index is 3.23. The molecule has 2 amide bonds. The van der Waals surface area contributed by atoms with E-state index in [0.29, 0.717) is 13.2 Å². The van der Waals surface area contributed by atoms with Crippen LogP contribution in [-0.2, 0) is 4.74 Å². The van der Waals surface area contributed by atoms with Crippen molar-refractivity contribution in [1.29, 1.82) is 0 Å². The first-order chi connectivity index (χ1) is 6.66. The highest BCUT2D eigenvalue weighted by Gasteiger charge is 1.96. The van der Waals surface area contributed by atoms with Gasteiger partial charge in [-0.25, -0.2) is 4.79 Å². The molecule has 0 aliphatic rings. The van der Waals surface area contributed by atoms with Crippen molar-refractivity contribution in [2.45, 2.75) is 33.3 Å². The quantitative estimate of drug-likeness (QED) is 0.640. The molecule has 0 rings (SSSR count). The molecule has 0 radical (unpaired) electrons. The summed E-state index contributed by atoms with van der Waals surface area (Å²) >= 11 is 0. The van der Waals surface area contributed by atoms with Crippen molar-refractivity contribution in [3.63, 3.8) is 0 Å². The van der Waals surface area contributed by atoms with Crippen LogP contribution in [0, 0.1) is 0 Å². The first-order valence-electron chi connectivity index (χ1n) is 4.94. The number of carbonyl (C=O) groups is 1. The van der Waals surface area contributed by atoms with Crippen LogP contribution in [0.3, 0.4) is 0 Å². The third kappa shape index (κ3) is 9.06. The van der Waals surface area contributed by atoms with E-state index in [1.165, 1.54) is 0 Å². The summed E-state index contributed by atoms with van der Waals surface area (Å²) in [6, 6.07) is -0.173. The summed E-state index contributed by atoms with van der Waals surface area (Å²) in [6.07, 6.45) is 4.45. The average Bonchev–Trinajstić information content (AvgIpc) is 2.13. The fourth-order valence-corrected chi connectivity index (χ4v) is 0.803. The zero-order valence-corrected chi connectivity index (χ0v) is 9.17. The Labute approximate surface area is 85.7 Å². The lowest BCUT2D eigenvalue weighted by Gasteiger charge is -2.07. The van der Waals surface area contributed by atoms with Gasteiger partial charge >= 0.3 is 6.03 Å². The molecular formula is C10H20N2O2. The summed E-state index contributed by atoms with van der Waals surface area (Å²) in [5, 5.41) is 5.27. The fraction of sp³-hybridized carbons (Fsp3) is 0.700. The Morgan fingerprint density at radius 2 is 2.21 bits per heavy atom. The molecule has 0 aromatic rings. The van der Waals surface area contributed by atoms with Gasteiger partial charge in [0.15, 0.2) is 0 Å². The molecule has 0 aromatic heterocycles. The number of amides is 2. The minimum atomic E-state index is -0.173. The van der Waals surface area contributed by atoms with E-state index in [4.69, 9.17) is 4.74 Å². The smallest absolute Gasteiger partial charge is 0.318 e. The molecule has 0 heterocycles. The molecule has 2 N–H and O–H groups in total. The standard InChI is InChI=1S/C10H20N2O2/c1-4-6-11-10(13)12-7-5-8-14-9(2)3/h4,6,9H,5,7-8H2,1-3H3,(H2,11,12,13)/b6-4+. The van der Waals surface area contributed by atoms with Gasteiger partial charge in [0.25, 0.3) is 0 Å². The van der Waals surface area contributed by atoms with Crippen LogP contribution in [0.25, 0.3) is 0 Å². The maximum atomic E-state index is 11.0. The van der Waals surface area contributed by atoms with Crippen LogP contribution in [0.2, 0.25) is 0 Å². The minimum absolute atomic E-state index is 0.173. The maximum absolute atomic E-state index is 11.0. The van der Waals surface area contributed by atoms with E-state index >= 15 is 0 Å². The summed E-state index contributed by atoms with van der Waals surface area (Å²) in [4.78, 5) is 11.0. The highest BCUT2D eigenvalue weighted by atomic mass is 16.5. The predicted molar refractivity (Wildman–Crippen MR) is 57.1 cm³/mol. The van der Waals surface area contributed by atoms with Gasteiger partial charge < -0.3 is 15.4 Å². The SMILES string of the molecule is C/C=C/NC(=O)NCCCOC(C)C. The van der Waals surface area contributed by atoms with Crippen LogP contribution in [0.5, 0.6) is 0 Å². The van der Waals surface area contributed by atoms with Crippen LogP contribution in [0.4, 0.5) is 4.79 Å². The van der Waals surface area contributed by atoms with Gasteiger partial charge in [0, 0.05) is 19.4 Å². The number of ether oxygens (including phenoxy) is 1. The van der Waals surface area contributed by atoms with E-state index in [-0.39, 0.29) is 12.1 Å². The maximum Gasteiger partial charge on any atom is 0.318 e. The van der Waals surface area contributed by atoms with Crippen molar-refractivity contribution in [2.75, 3.05) is 13.2 Å². The normalized spacial score (nSPS) is 10.9. The predicted octanol–water partition coefficient (Wildman–Crippen LogP) is 1.63. The lowest BCUT2D eigenvalue weighted by atomic mass is 10.4. The number of allylic oxidation sites excluding steroid dienone is 1. The zero-order valence-electron chi connectivity index (χ0n) is 9.17. The molecule has 0 unspecified atom stereocenters. The summed E-state index contributed by atoms with van der Waals surface area (Å²) in [7, 11) is 0. The molecule has 4 heteroatoms. The largest absolute Gasteiger partial charge is 0.379 e. The summed E-state index contributed by atoms with van der Waals surface area (Å²) < 4.78 is 5.32. The second kappa shape index (κ2) is 8.56. The molecule has 0 saturated carbocycles. The first-order valence-corrected chi connectivity index (χ1v) is 4.94. The van der Waals surface area contributed by atoms with Gasteiger partial charge in [-0.3, -0.25) is 0 Å². The topological polar surface area (TPSA) is 50.4 Å². The Hall–Kier alpha value is -1.03. The lowest BCUT2D eigenvalue weighted by Crippen LogP contribution is -2.33. The van der Waals surface area contributed by atoms with Crippen molar-refractivity contribution in [3.05, 3.63) is 12.3 Å². The lowest BCUT2D eigenvalue weighted by molar-refractivity contribution is 0.0774. The number of urea groups is 1. The van der Waals surface area contributed by atoms with E-state index in [1.54, 1.807) is 12.3 Å². The second-order valence-electron chi connectivity index (χ2n) is 3.17. The van der Waals surface area contributed by atoms with Crippen molar-refractivity contribution >= 4 is 6.03 Å². The average molecular weight is 200 g/mol. The highest BCUT2D eigenvalue weighted by Crippen LogP contribution is 1.88. The van der Waals surface area contributed by atoms with Gasteiger partial charge in [0.1, 0.15) is 0 Å². The van der Waals surface area contributed by atoms with Crippen molar-refractivity contribution in [2.24, 2.45) is 0 Å². The van der Waals surface area contributed by atoms with Gasteiger partial charge in [-0.15, -0.1) is 0 Å². The van der Waals surface area contributed by atoms with Gasteiger partial charge in [-0.2, -0.15) is 0 Å². The molecular weight excluding hydrogens is 180 g/mol. The van der Waals surface area contributed by atoms with Crippen molar-refractivity contribution in [1.82, 2.24) is 10.6 Å². The van der Waals surface area contributed by atoms with Crippen LogP contribution in [-0.4, -0.2) is 25.3 Å². The van der Waals surface area contributed by atoms with Gasteiger partial charge in [-0.1, -0.05) is 6.08 Å².